The molecule has 3 aromatic rings. The number of hydroxylamine groups is 1. The van der Waals surface area contributed by atoms with Crippen LogP contribution in [-0.4, -0.2) is 7.11 Å². The zero-order valence-corrected chi connectivity index (χ0v) is 13.9. The van der Waals surface area contributed by atoms with Crippen molar-refractivity contribution in [1.29, 1.82) is 0 Å². The van der Waals surface area contributed by atoms with E-state index in [0.29, 0.717) is 11.4 Å². The number of benzene rings is 3. The van der Waals surface area contributed by atoms with Crippen LogP contribution in [0.1, 0.15) is 16.7 Å². The van der Waals surface area contributed by atoms with Crippen molar-refractivity contribution in [3.05, 3.63) is 102 Å². The van der Waals surface area contributed by atoms with Crippen LogP contribution in [0.3, 0.4) is 0 Å². The summed E-state index contributed by atoms with van der Waals surface area (Å²) >= 11 is 0. The molecule has 3 heteroatoms. The zero-order valence-electron chi connectivity index (χ0n) is 13.9. The van der Waals surface area contributed by atoms with Crippen molar-refractivity contribution in [2.75, 3.05) is 12.2 Å². The second kappa shape index (κ2) is 6.11. The summed E-state index contributed by atoms with van der Waals surface area (Å²) in [6.07, 6.45) is 3.96. The highest BCUT2D eigenvalue weighted by Crippen LogP contribution is 2.46. The third-order valence-electron chi connectivity index (χ3n) is 4.72. The summed E-state index contributed by atoms with van der Waals surface area (Å²) in [4.78, 5) is 0. The van der Waals surface area contributed by atoms with E-state index in [1.54, 1.807) is 7.11 Å². The van der Waals surface area contributed by atoms with E-state index in [1.807, 2.05) is 91.0 Å². The van der Waals surface area contributed by atoms with Gasteiger partial charge in [0, 0.05) is 5.56 Å². The SMILES string of the molecule is COc1cccc2c1C=CC(c1ccccc1)(c1ccccc1)N2[O]. The van der Waals surface area contributed by atoms with Gasteiger partial charge >= 0.3 is 0 Å². The molecule has 4 rings (SSSR count). The number of ether oxygens (including phenoxy) is 1. The molecule has 0 bridgehead atoms. The zero-order chi connectivity index (χ0) is 17.3. The molecule has 0 amide bonds. The van der Waals surface area contributed by atoms with Gasteiger partial charge in [-0.3, -0.25) is 0 Å². The van der Waals surface area contributed by atoms with Crippen LogP contribution in [0.15, 0.2) is 84.9 Å². The number of hydrogen-bond donors (Lipinski definition) is 0. The number of rotatable bonds is 3. The van der Waals surface area contributed by atoms with Crippen molar-refractivity contribution in [1.82, 2.24) is 0 Å². The lowest BCUT2D eigenvalue weighted by molar-refractivity contribution is 0.112. The lowest BCUT2D eigenvalue weighted by Crippen LogP contribution is -2.44. The van der Waals surface area contributed by atoms with Crippen LogP contribution in [0.5, 0.6) is 5.75 Å². The second-order valence-corrected chi connectivity index (χ2v) is 6.02. The van der Waals surface area contributed by atoms with Crippen molar-refractivity contribution in [2.24, 2.45) is 0 Å². The fraction of sp³-hybridized carbons (Fsp3) is 0.0909. The van der Waals surface area contributed by atoms with Crippen LogP contribution in [0, 0.1) is 0 Å². The summed E-state index contributed by atoms with van der Waals surface area (Å²) in [7, 11) is 1.62. The van der Waals surface area contributed by atoms with Gasteiger partial charge in [0.05, 0.1) is 12.8 Å². The molecule has 0 spiro atoms. The molecule has 0 saturated heterocycles. The Morgan fingerprint density at radius 2 is 1.40 bits per heavy atom. The highest BCUT2D eigenvalue weighted by Gasteiger charge is 2.42. The molecule has 1 radical (unpaired) electrons. The molecule has 0 aromatic heterocycles. The molecular formula is C22H18NO2. The van der Waals surface area contributed by atoms with Crippen molar-refractivity contribution < 1.29 is 9.94 Å². The molecule has 0 unspecified atom stereocenters. The van der Waals surface area contributed by atoms with Crippen molar-refractivity contribution in [3.63, 3.8) is 0 Å². The van der Waals surface area contributed by atoms with Gasteiger partial charge < -0.3 is 4.74 Å². The summed E-state index contributed by atoms with van der Waals surface area (Å²) < 4.78 is 5.42. The van der Waals surface area contributed by atoms with E-state index >= 15 is 0 Å². The van der Waals surface area contributed by atoms with Crippen LogP contribution in [0.4, 0.5) is 5.69 Å². The maximum absolute atomic E-state index is 13.6. The van der Waals surface area contributed by atoms with Gasteiger partial charge in [0.25, 0.3) is 0 Å². The Bertz CT molecular complexity index is 864. The second-order valence-electron chi connectivity index (χ2n) is 6.02. The van der Waals surface area contributed by atoms with Gasteiger partial charge in [0.1, 0.15) is 11.3 Å². The minimum atomic E-state index is -0.901. The van der Waals surface area contributed by atoms with E-state index in [2.05, 4.69) is 0 Å². The van der Waals surface area contributed by atoms with Crippen LogP contribution >= 0.6 is 0 Å². The Labute approximate surface area is 147 Å². The predicted octanol–water partition coefficient (Wildman–Crippen LogP) is 4.82. The van der Waals surface area contributed by atoms with E-state index in [9.17, 15) is 5.21 Å². The molecule has 0 N–H and O–H groups in total. The highest BCUT2D eigenvalue weighted by molar-refractivity contribution is 5.79. The Balaban J connectivity index is 1.99. The number of fused-ring (bicyclic) bond motifs is 1. The van der Waals surface area contributed by atoms with E-state index in [1.165, 1.54) is 0 Å². The first-order valence-electron chi connectivity index (χ1n) is 8.22. The standard InChI is InChI=1S/C22H18NO2/c1-25-21-14-8-13-20-19(21)15-16-22(23(20)24,17-9-4-2-5-10-17)18-11-6-3-7-12-18/h2-16H,1H3. The molecule has 0 aliphatic carbocycles. The maximum atomic E-state index is 13.6. The van der Waals surface area contributed by atoms with Crippen molar-refractivity contribution in [2.45, 2.75) is 5.54 Å². The van der Waals surface area contributed by atoms with Crippen LogP contribution in [-0.2, 0) is 10.7 Å². The minimum absolute atomic E-state index is 0.606. The van der Waals surface area contributed by atoms with E-state index < -0.39 is 5.54 Å². The van der Waals surface area contributed by atoms with Crippen LogP contribution in [0.2, 0.25) is 0 Å². The number of anilines is 1. The molecule has 1 aliphatic rings. The smallest absolute Gasteiger partial charge is 0.139 e. The molecule has 3 aromatic carbocycles. The summed E-state index contributed by atoms with van der Waals surface area (Å²) in [5.74, 6) is 0.698. The lowest BCUT2D eigenvalue weighted by atomic mass is 9.79. The molecule has 0 saturated carbocycles. The van der Waals surface area contributed by atoms with Gasteiger partial charge in [-0.2, -0.15) is 0 Å². The molecule has 3 nitrogen and oxygen atoms in total. The Morgan fingerprint density at radius 1 is 0.800 bits per heavy atom. The van der Waals surface area contributed by atoms with Crippen molar-refractivity contribution in [3.8, 4) is 5.75 Å². The normalized spacial score (nSPS) is 14.9. The van der Waals surface area contributed by atoms with Gasteiger partial charge in [0.2, 0.25) is 0 Å². The third-order valence-corrected chi connectivity index (χ3v) is 4.72. The summed E-state index contributed by atoms with van der Waals surface area (Å²) in [5.41, 5.74) is 2.38. The Morgan fingerprint density at radius 3 is 1.96 bits per heavy atom. The monoisotopic (exact) mass is 328 g/mol. The van der Waals surface area contributed by atoms with E-state index in [-0.39, 0.29) is 0 Å². The Hall–Kier alpha value is -3.04. The predicted molar refractivity (Wildman–Crippen MR) is 98.9 cm³/mol. The molecular weight excluding hydrogens is 310 g/mol. The quantitative estimate of drug-likeness (QED) is 0.690. The highest BCUT2D eigenvalue weighted by atomic mass is 16.5. The number of methoxy groups -OCH3 is 1. The number of nitrogens with zero attached hydrogens (tertiary/aromatic N) is 1. The summed E-state index contributed by atoms with van der Waals surface area (Å²) in [5, 5.41) is 14.7. The van der Waals surface area contributed by atoms with Gasteiger partial charge in [0.15, 0.2) is 0 Å². The maximum Gasteiger partial charge on any atom is 0.139 e. The largest absolute Gasteiger partial charge is 0.496 e. The third kappa shape index (κ3) is 2.32. The fourth-order valence-corrected chi connectivity index (χ4v) is 3.49. The average Bonchev–Trinajstić information content (AvgIpc) is 2.69. The van der Waals surface area contributed by atoms with E-state index in [4.69, 9.17) is 4.74 Å². The van der Waals surface area contributed by atoms with Crippen LogP contribution in [0.25, 0.3) is 6.08 Å². The fourth-order valence-electron chi connectivity index (χ4n) is 3.49. The molecule has 1 aliphatic heterocycles. The Kier molecular flexibility index (Phi) is 3.79. The van der Waals surface area contributed by atoms with Crippen molar-refractivity contribution >= 4 is 11.8 Å². The molecule has 25 heavy (non-hydrogen) atoms. The average molecular weight is 328 g/mol. The van der Waals surface area contributed by atoms with Gasteiger partial charge in [-0.1, -0.05) is 71.9 Å². The molecule has 1 heterocycles. The van der Waals surface area contributed by atoms with E-state index in [0.717, 1.165) is 21.8 Å². The van der Waals surface area contributed by atoms with Gasteiger partial charge in [-0.05, 0) is 35.4 Å². The number of hydrogen-bond acceptors (Lipinski definition) is 2. The first-order valence-corrected chi connectivity index (χ1v) is 8.22. The lowest BCUT2D eigenvalue weighted by Gasteiger charge is -2.41. The van der Waals surface area contributed by atoms with Gasteiger partial charge in [-0.15, -0.1) is 0 Å². The first-order chi connectivity index (χ1) is 12.3. The molecule has 123 valence electrons. The topological polar surface area (TPSA) is 32.4 Å². The first kappa shape index (κ1) is 15.5. The summed E-state index contributed by atoms with van der Waals surface area (Å²) in [6.45, 7) is 0. The minimum Gasteiger partial charge on any atom is -0.496 e. The van der Waals surface area contributed by atoms with Crippen LogP contribution < -0.4 is 9.80 Å². The van der Waals surface area contributed by atoms with Gasteiger partial charge in [-0.25, -0.2) is 5.06 Å². The summed E-state index contributed by atoms with van der Waals surface area (Å²) in [6, 6.07) is 25.3. The molecule has 0 fully saturated rings. The molecule has 0 atom stereocenters.